The molecule has 0 saturated carbocycles. The summed E-state index contributed by atoms with van der Waals surface area (Å²) in [5.74, 6) is 0.926. The van der Waals surface area contributed by atoms with Gasteiger partial charge in [-0.15, -0.1) is 10.2 Å². The molecule has 0 bridgehead atoms. The molecular formula is C18H18N4O4S. The van der Waals surface area contributed by atoms with E-state index in [1.54, 1.807) is 29.5 Å². The second kappa shape index (κ2) is 8.45. The fourth-order valence-corrected chi connectivity index (χ4v) is 3.00. The number of nitrogens with zero attached hydrogens (tertiary/aromatic N) is 2. The fraction of sp³-hybridized carbons (Fsp3) is 0.222. The SMILES string of the molecule is COc1ccc(NC(=O)CCc2nnc(-c3ccsc3)o2)cc1NC(C)=O. The average Bonchev–Trinajstić information content (AvgIpc) is 3.31. The van der Waals surface area contributed by atoms with Crippen LogP contribution < -0.4 is 15.4 Å². The smallest absolute Gasteiger partial charge is 0.248 e. The number of amides is 2. The summed E-state index contributed by atoms with van der Waals surface area (Å²) in [5.41, 5.74) is 1.90. The number of thiophene rings is 1. The lowest BCUT2D eigenvalue weighted by Crippen LogP contribution is -2.13. The van der Waals surface area contributed by atoms with E-state index in [1.807, 2.05) is 16.8 Å². The molecule has 2 N–H and O–H groups in total. The summed E-state index contributed by atoms with van der Waals surface area (Å²) in [4.78, 5) is 23.5. The van der Waals surface area contributed by atoms with Gasteiger partial charge in [0.25, 0.3) is 0 Å². The van der Waals surface area contributed by atoms with E-state index >= 15 is 0 Å². The van der Waals surface area contributed by atoms with Crippen LogP contribution in [0.4, 0.5) is 11.4 Å². The van der Waals surface area contributed by atoms with Crippen LogP contribution >= 0.6 is 11.3 Å². The number of aryl methyl sites for hydroxylation is 1. The number of hydrogen-bond acceptors (Lipinski definition) is 7. The molecule has 9 heteroatoms. The highest BCUT2D eigenvalue weighted by molar-refractivity contribution is 7.08. The lowest BCUT2D eigenvalue weighted by Gasteiger charge is -2.11. The Labute approximate surface area is 159 Å². The topological polar surface area (TPSA) is 106 Å². The quantitative estimate of drug-likeness (QED) is 0.645. The van der Waals surface area contributed by atoms with Crippen LogP contribution in [0.25, 0.3) is 11.5 Å². The third kappa shape index (κ3) is 4.91. The van der Waals surface area contributed by atoms with Crippen LogP contribution in [0.5, 0.6) is 5.75 Å². The zero-order valence-electron chi connectivity index (χ0n) is 14.8. The van der Waals surface area contributed by atoms with Gasteiger partial charge in [-0.05, 0) is 29.6 Å². The number of benzene rings is 1. The van der Waals surface area contributed by atoms with Crippen LogP contribution in [0.3, 0.4) is 0 Å². The van der Waals surface area contributed by atoms with Crippen LogP contribution in [0.2, 0.25) is 0 Å². The van der Waals surface area contributed by atoms with Crippen molar-refractivity contribution >= 4 is 34.5 Å². The van der Waals surface area contributed by atoms with Crippen LogP contribution in [-0.2, 0) is 16.0 Å². The molecule has 0 unspecified atom stereocenters. The Balaban J connectivity index is 1.58. The molecule has 0 atom stereocenters. The van der Waals surface area contributed by atoms with Crippen molar-refractivity contribution in [2.24, 2.45) is 0 Å². The zero-order chi connectivity index (χ0) is 19.2. The van der Waals surface area contributed by atoms with Crippen molar-refractivity contribution < 1.29 is 18.7 Å². The second-order valence-electron chi connectivity index (χ2n) is 5.66. The number of ether oxygens (including phenoxy) is 1. The maximum atomic E-state index is 12.2. The summed E-state index contributed by atoms with van der Waals surface area (Å²) in [7, 11) is 1.51. The maximum Gasteiger partial charge on any atom is 0.248 e. The summed E-state index contributed by atoms with van der Waals surface area (Å²) >= 11 is 1.54. The molecule has 3 rings (SSSR count). The van der Waals surface area contributed by atoms with Gasteiger partial charge in [0.2, 0.25) is 23.6 Å². The summed E-state index contributed by atoms with van der Waals surface area (Å²) < 4.78 is 10.8. The Hall–Kier alpha value is -3.20. The molecule has 1 aromatic carbocycles. The van der Waals surface area contributed by atoms with E-state index in [-0.39, 0.29) is 18.2 Å². The summed E-state index contributed by atoms with van der Waals surface area (Å²) in [6.45, 7) is 1.40. The molecular weight excluding hydrogens is 368 g/mol. The number of carbonyl (C=O) groups is 2. The number of rotatable bonds is 7. The van der Waals surface area contributed by atoms with Crippen LogP contribution in [-0.4, -0.2) is 29.1 Å². The monoisotopic (exact) mass is 386 g/mol. The number of carbonyl (C=O) groups excluding carboxylic acids is 2. The number of nitrogens with one attached hydrogen (secondary N) is 2. The summed E-state index contributed by atoms with van der Waals surface area (Å²) in [6.07, 6.45) is 0.518. The Bertz CT molecular complexity index is 937. The van der Waals surface area contributed by atoms with Crippen molar-refractivity contribution in [2.45, 2.75) is 19.8 Å². The van der Waals surface area contributed by atoms with Gasteiger partial charge in [-0.25, -0.2) is 0 Å². The zero-order valence-corrected chi connectivity index (χ0v) is 15.6. The van der Waals surface area contributed by atoms with E-state index in [2.05, 4.69) is 20.8 Å². The van der Waals surface area contributed by atoms with E-state index in [0.29, 0.717) is 35.3 Å². The van der Waals surface area contributed by atoms with Crippen LogP contribution in [0, 0.1) is 0 Å². The molecule has 140 valence electrons. The van der Waals surface area contributed by atoms with Gasteiger partial charge in [0, 0.05) is 36.4 Å². The van der Waals surface area contributed by atoms with Crippen molar-refractivity contribution in [2.75, 3.05) is 17.7 Å². The van der Waals surface area contributed by atoms with Gasteiger partial charge in [-0.1, -0.05) is 0 Å². The molecule has 0 aliphatic rings. The summed E-state index contributed by atoms with van der Waals surface area (Å²) in [6, 6.07) is 6.90. The largest absolute Gasteiger partial charge is 0.495 e. The molecule has 0 aliphatic heterocycles. The van der Waals surface area contributed by atoms with Crippen molar-refractivity contribution in [1.29, 1.82) is 0 Å². The molecule has 0 radical (unpaired) electrons. The molecule has 2 aromatic heterocycles. The van der Waals surface area contributed by atoms with E-state index in [4.69, 9.17) is 9.15 Å². The molecule has 0 fully saturated rings. The highest BCUT2D eigenvalue weighted by atomic mass is 32.1. The first-order valence-corrected chi connectivity index (χ1v) is 9.10. The first-order chi connectivity index (χ1) is 13.0. The fourth-order valence-electron chi connectivity index (χ4n) is 2.37. The third-order valence-electron chi connectivity index (χ3n) is 3.59. The molecule has 0 aliphatic carbocycles. The third-order valence-corrected chi connectivity index (χ3v) is 4.28. The van der Waals surface area contributed by atoms with E-state index in [1.165, 1.54) is 14.0 Å². The van der Waals surface area contributed by atoms with Crippen molar-refractivity contribution in [3.05, 3.63) is 40.9 Å². The number of methoxy groups -OCH3 is 1. The highest BCUT2D eigenvalue weighted by Gasteiger charge is 2.12. The van der Waals surface area contributed by atoms with Gasteiger partial charge in [-0.2, -0.15) is 11.3 Å². The predicted octanol–water partition coefficient (Wildman–Crippen LogP) is 3.34. The van der Waals surface area contributed by atoms with Gasteiger partial charge >= 0.3 is 0 Å². The van der Waals surface area contributed by atoms with E-state index in [0.717, 1.165) is 5.56 Å². The normalized spacial score (nSPS) is 10.4. The Kier molecular flexibility index (Phi) is 5.82. The molecule has 0 saturated heterocycles. The average molecular weight is 386 g/mol. The summed E-state index contributed by atoms with van der Waals surface area (Å²) in [5, 5.41) is 17.2. The lowest BCUT2D eigenvalue weighted by molar-refractivity contribution is -0.116. The van der Waals surface area contributed by atoms with Crippen molar-refractivity contribution in [3.8, 4) is 17.2 Å². The standard InChI is InChI=1S/C18H18N4O4S/c1-11(23)19-14-9-13(3-4-15(14)25-2)20-16(24)5-6-17-21-22-18(26-17)12-7-8-27-10-12/h3-4,7-10H,5-6H2,1-2H3,(H,19,23)(H,20,24). The van der Waals surface area contributed by atoms with Gasteiger partial charge < -0.3 is 19.8 Å². The molecule has 0 spiro atoms. The number of hydrogen-bond donors (Lipinski definition) is 2. The van der Waals surface area contributed by atoms with Gasteiger partial charge in [0.05, 0.1) is 12.8 Å². The highest BCUT2D eigenvalue weighted by Crippen LogP contribution is 2.28. The minimum absolute atomic E-state index is 0.187. The predicted molar refractivity (Wildman–Crippen MR) is 102 cm³/mol. The number of anilines is 2. The van der Waals surface area contributed by atoms with Gasteiger partial charge in [-0.3, -0.25) is 9.59 Å². The van der Waals surface area contributed by atoms with Crippen LogP contribution in [0.1, 0.15) is 19.2 Å². The van der Waals surface area contributed by atoms with Gasteiger partial charge in [0.15, 0.2) is 0 Å². The Morgan fingerprint density at radius 1 is 1.22 bits per heavy atom. The Morgan fingerprint density at radius 3 is 2.78 bits per heavy atom. The lowest BCUT2D eigenvalue weighted by atomic mass is 10.2. The Morgan fingerprint density at radius 2 is 2.07 bits per heavy atom. The number of aromatic nitrogens is 2. The molecule has 3 aromatic rings. The molecule has 8 nitrogen and oxygen atoms in total. The van der Waals surface area contributed by atoms with Crippen molar-refractivity contribution in [3.63, 3.8) is 0 Å². The minimum atomic E-state index is -0.227. The van der Waals surface area contributed by atoms with Crippen molar-refractivity contribution in [1.82, 2.24) is 10.2 Å². The molecule has 27 heavy (non-hydrogen) atoms. The van der Waals surface area contributed by atoms with E-state index < -0.39 is 0 Å². The second-order valence-corrected chi connectivity index (χ2v) is 6.44. The first-order valence-electron chi connectivity index (χ1n) is 8.15. The maximum absolute atomic E-state index is 12.2. The first kappa shape index (κ1) is 18.6. The van der Waals surface area contributed by atoms with Gasteiger partial charge in [0.1, 0.15) is 5.75 Å². The molecule has 2 heterocycles. The van der Waals surface area contributed by atoms with E-state index in [9.17, 15) is 9.59 Å². The molecule has 2 amide bonds. The minimum Gasteiger partial charge on any atom is -0.495 e. The van der Waals surface area contributed by atoms with Crippen LogP contribution in [0.15, 0.2) is 39.4 Å².